The SMILES string of the molecule is C#Cc1c(F)ccc2cc(O)cc(-c3ccc4c(N5CCC(OC)CC5)nc(OCC56CCCN5CC(F)C6)nc4c3F)c12. The maximum Gasteiger partial charge on any atom is 0.319 e. The van der Waals surface area contributed by atoms with Gasteiger partial charge in [-0.3, -0.25) is 4.90 Å². The van der Waals surface area contributed by atoms with Gasteiger partial charge in [-0.2, -0.15) is 9.97 Å². The number of halogens is 3. The third-order valence-corrected chi connectivity index (χ3v) is 9.56. The maximum atomic E-state index is 16.7. The van der Waals surface area contributed by atoms with Crippen molar-refractivity contribution in [3.05, 3.63) is 53.6 Å². The highest BCUT2D eigenvalue weighted by Gasteiger charge is 2.49. The van der Waals surface area contributed by atoms with Crippen molar-refractivity contribution in [2.75, 3.05) is 44.8 Å². The van der Waals surface area contributed by atoms with Gasteiger partial charge in [-0.1, -0.05) is 18.1 Å². The summed E-state index contributed by atoms with van der Waals surface area (Å²) in [5.74, 6) is 1.52. The van der Waals surface area contributed by atoms with Gasteiger partial charge in [0.15, 0.2) is 5.82 Å². The third-order valence-electron chi connectivity index (χ3n) is 9.56. The molecule has 228 valence electrons. The molecule has 7 rings (SSSR count). The smallest absolute Gasteiger partial charge is 0.319 e. The molecule has 4 aromatic rings. The number of methoxy groups -OCH3 is 1. The highest BCUT2D eigenvalue weighted by atomic mass is 19.1. The van der Waals surface area contributed by atoms with E-state index in [1.54, 1.807) is 19.2 Å². The minimum atomic E-state index is -0.913. The number of anilines is 1. The standard InChI is InChI=1S/C34H33F3N4O3/c1-3-24-28(36)8-5-20-15-22(42)16-27(29(20)24)25-6-7-26-31(30(25)37)38-33(39-32(26)40-13-9-23(43-2)10-14-40)44-19-34-11-4-12-41(34)18-21(35)17-34/h1,5-8,15-16,21,23,42H,4,9-14,17-19H2,2H3. The van der Waals surface area contributed by atoms with E-state index < -0.39 is 23.3 Å². The molecule has 10 heteroatoms. The molecule has 3 fully saturated rings. The summed E-state index contributed by atoms with van der Waals surface area (Å²) >= 11 is 0. The largest absolute Gasteiger partial charge is 0.508 e. The van der Waals surface area contributed by atoms with Crippen molar-refractivity contribution < 1.29 is 27.8 Å². The third kappa shape index (κ3) is 4.79. The zero-order valence-electron chi connectivity index (χ0n) is 24.5. The lowest BCUT2D eigenvalue weighted by Gasteiger charge is -2.33. The topological polar surface area (TPSA) is 71.0 Å². The van der Waals surface area contributed by atoms with Gasteiger partial charge in [0.25, 0.3) is 0 Å². The first-order chi connectivity index (χ1) is 21.3. The Morgan fingerprint density at radius 1 is 1.09 bits per heavy atom. The molecule has 44 heavy (non-hydrogen) atoms. The van der Waals surface area contributed by atoms with Crippen LogP contribution in [0.5, 0.6) is 11.8 Å². The Labute approximate surface area is 253 Å². The summed E-state index contributed by atoms with van der Waals surface area (Å²) in [7, 11) is 1.70. The molecule has 1 N–H and O–H groups in total. The zero-order valence-corrected chi connectivity index (χ0v) is 24.5. The number of terminal acetylenes is 1. The molecule has 2 unspecified atom stereocenters. The number of phenols is 1. The molecule has 1 aromatic heterocycles. The molecule has 3 saturated heterocycles. The van der Waals surface area contributed by atoms with Crippen LogP contribution in [-0.4, -0.2) is 77.7 Å². The molecule has 0 amide bonds. The number of rotatable bonds is 6. The van der Waals surface area contributed by atoms with Crippen LogP contribution >= 0.6 is 0 Å². The number of hydrogen-bond acceptors (Lipinski definition) is 7. The van der Waals surface area contributed by atoms with Crippen molar-refractivity contribution in [3.8, 4) is 35.2 Å². The Kier molecular flexibility index (Phi) is 7.26. The van der Waals surface area contributed by atoms with Gasteiger partial charge in [0.2, 0.25) is 0 Å². The van der Waals surface area contributed by atoms with Crippen LogP contribution in [0.1, 0.15) is 37.7 Å². The van der Waals surface area contributed by atoms with Crippen LogP contribution < -0.4 is 9.64 Å². The fourth-order valence-electron chi connectivity index (χ4n) is 7.37. The van der Waals surface area contributed by atoms with Gasteiger partial charge >= 0.3 is 6.01 Å². The number of nitrogens with zero attached hydrogens (tertiary/aromatic N) is 4. The monoisotopic (exact) mass is 602 g/mol. The number of alkyl halides is 1. The predicted octanol–water partition coefficient (Wildman–Crippen LogP) is 5.99. The van der Waals surface area contributed by atoms with Crippen LogP contribution in [-0.2, 0) is 4.74 Å². The summed E-state index contributed by atoms with van der Waals surface area (Å²) in [5, 5.41) is 11.8. The number of benzene rings is 3. The summed E-state index contributed by atoms with van der Waals surface area (Å²) in [5.41, 5.74) is -0.0668. The van der Waals surface area contributed by atoms with Crippen LogP contribution in [0.3, 0.4) is 0 Å². The number of phenolic OH excluding ortho intramolecular Hbond substituents is 1. The van der Waals surface area contributed by atoms with E-state index in [2.05, 4.69) is 20.7 Å². The van der Waals surface area contributed by atoms with E-state index in [1.165, 1.54) is 24.3 Å². The van der Waals surface area contributed by atoms with Crippen LogP contribution in [0.4, 0.5) is 19.0 Å². The second-order valence-electron chi connectivity index (χ2n) is 12.1. The quantitative estimate of drug-likeness (QED) is 0.272. The minimum Gasteiger partial charge on any atom is -0.508 e. The number of ether oxygens (including phenoxy) is 2. The molecule has 4 heterocycles. The van der Waals surface area contributed by atoms with Crippen molar-refractivity contribution >= 4 is 27.5 Å². The average Bonchev–Trinajstić information content (AvgIpc) is 3.55. The lowest BCUT2D eigenvalue weighted by atomic mass is 9.93. The van der Waals surface area contributed by atoms with E-state index in [1.807, 2.05) is 0 Å². The molecule has 0 radical (unpaired) electrons. The van der Waals surface area contributed by atoms with Crippen molar-refractivity contribution in [2.24, 2.45) is 0 Å². The number of hydrogen-bond donors (Lipinski definition) is 1. The van der Waals surface area contributed by atoms with Gasteiger partial charge in [0.05, 0.1) is 17.2 Å². The Hall–Kier alpha value is -4.07. The maximum absolute atomic E-state index is 16.7. The Morgan fingerprint density at radius 3 is 2.68 bits per heavy atom. The van der Waals surface area contributed by atoms with Gasteiger partial charge in [-0.25, -0.2) is 13.2 Å². The highest BCUT2D eigenvalue weighted by molar-refractivity contribution is 6.04. The molecule has 7 nitrogen and oxygen atoms in total. The molecule has 0 aliphatic carbocycles. The molecule has 3 aliphatic heterocycles. The number of aromatic hydroxyl groups is 1. The zero-order chi connectivity index (χ0) is 30.6. The number of piperidine rings is 1. The first kappa shape index (κ1) is 28.7. The molecule has 3 aliphatic rings. The van der Waals surface area contributed by atoms with Crippen molar-refractivity contribution in [2.45, 2.75) is 49.9 Å². The van der Waals surface area contributed by atoms with Gasteiger partial charge in [-0.15, -0.1) is 6.42 Å². The van der Waals surface area contributed by atoms with E-state index in [9.17, 15) is 13.9 Å². The lowest BCUT2D eigenvalue weighted by molar-refractivity contribution is 0.0817. The van der Waals surface area contributed by atoms with Crippen LogP contribution in [0.15, 0.2) is 36.4 Å². The van der Waals surface area contributed by atoms with Crippen molar-refractivity contribution in [1.82, 2.24) is 14.9 Å². The van der Waals surface area contributed by atoms with E-state index in [0.717, 1.165) is 32.2 Å². The lowest BCUT2D eigenvalue weighted by Crippen LogP contribution is -2.43. The van der Waals surface area contributed by atoms with Crippen LogP contribution in [0.25, 0.3) is 32.8 Å². The fourth-order valence-corrected chi connectivity index (χ4v) is 7.37. The summed E-state index contributed by atoms with van der Waals surface area (Å²) in [6.45, 7) is 2.71. The van der Waals surface area contributed by atoms with E-state index in [0.29, 0.717) is 48.0 Å². The van der Waals surface area contributed by atoms with Crippen molar-refractivity contribution in [1.29, 1.82) is 0 Å². The predicted molar refractivity (Wildman–Crippen MR) is 163 cm³/mol. The molecule has 0 saturated carbocycles. The summed E-state index contributed by atoms with van der Waals surface area (Å²) in [4.78, 5) is 13.5. The Morgan fingerprint density at radius 2 is 1.91 bits per heavy atom. The molecule has 0 bridgehead atoms. The molecule has 0 spiro atoms. The van der Waals surface area contributed by atoms with Crippen LogP contribution in [0, 0.1) is 24.0 Å². The second kappa shape index (κ2) is 11.1. The van der Waals surface area contributed by atoms with E-state index in [-0.39, 0.29) is 46.7 Å². The van der Waals surface area contributed by atoms with E-state index in [4.69, 9.17) is 20.9 Å². The van der Waals surface area contributed by atoms with Gasteiger partial charge in [0, 0.05) is 49.5 Å². The summed E-state index contributed by atoms with van der Waals surface area (Å²) in [6, 6.07) is 8.91. The Balaban J connectivity index is 1.36. The summed E-state index contributed by atoms with van der Waals surface area (Å²) in [6.07, 6.45) is 8.62. The van der Waals surface area contributed by atoms with E-state index >= 15 is 4.39 Å². The summed E-state index contributed by atoms with van der Waals surface area (Å²) < 4.78 is 57.7. The molecule has 2 atom stereocenters. The Bertz CT molecular complexity index is 1800. The normalized spacial score (nSPS) is 22.5. The molecular formula is C34H33F3N4O3. The first-order valence-corrected chi connectivity index (χ1v) is 15.0. The highest BCUT2D eigenvalue weighted by Crippen LogP contribution is 2.42. The minimum absolute atomic E-state index is 0.0112. The fraction of sp³-hybridized carbons (Fsp3) is 0.412. The van der Waals surface area contributed by atoms with Gasteiger partial charge in [-0.05, 0) is 67.4 Å². The number of aromatic nitrogens is 2. The number of fused-ring (bicyclic) bond motifs is 3. The first-order valence-electron chi connectivity index (χ1n) is 15.0. The van der Waals surface area contributed by atoms with Gasteiger partial charge in [0.1, 0.15) is 35.7 Å². The average molecular weight is 603 g/mol. The van der Waals surface area contributed by atoms with Gasteiger partial charge < -0.3 is 19.5 Å². The second-order valence-corrected chi connectivity index (χ2v) is 12.1. The van der Waals surface area contributed by atoms with Crippen LogP contribution in [0.2, 0.25) is 0 Å². The molecular weight excluding hydrogens is 569 g/mol. The molecule has 3 aromatic carbocycles. The van der Waals surface area contributed by atoms with Crippen molar-refractivity contribution in [3.63, 3.8) is 0 Å².